The van der Waals surface area contributed by atoms with Crippen LogP contribution in [0.25, 0.3) is 0 Å². The Morgan fingerprint density at radius 2 is 0.514 bits per heavy atom. The van der Waals surface area contributed by atoms with Crippen LogP contribution in [-0.2, 0) is 28.6 Å². The standard InChI is InChI=1S/C64H114O6/c1-4-7-10-13-16-19-22-25-28-31-34-36-39-42-45-48-51-54-57-63(66)69-60-61(70-64(67)58-55-52-49-46-43-40-37-33-30-27-24-21-18-15-12-9-6-3)59-68-62(65)56-53-50-47-44-41-38-35-32-29-26-23-20-17-14-11-8-5-2/h17-18,20-21,26-27,29-30,34,36,61H,4-16,19,22-25,28,31-33,35,37-60H2,1-3H3/b20-17-,21-18-,29-26-,30-27-,36-34-. The van der Waals surface area contributed by atoms with Crippen LogP contribution in [0.15, 0.2) is 60.8 Å². The van der Waals surface area contributed by atoms with Gasteiger partial charge in [-0.05, 0) is 109 Å². The maximum absolute atomic E-state index is 12.9. The van der Waals surface area contributed by atoms with Crippen molar-refractivity contribution in [1.29, 1.82) is 0 Å². The van der Waals surface area contributed by atoms with Crippen molar-refractivity contribution in [2.45, 2.75) is 316 Å². The van der Waals surface area contributed by atoms with E-state index in [1.807, 2.05) is 0 Å². The average molecular weight is 980 g/mol. The molecule has 0 saturated heterocycles. The second-order valence-electron chi connectivity index (χ2n) is 20.2. The molecule has 0 bridgehead atoms. The topological polar surface area (TPSA) is 78.9 Å². The van der Waals surface area contributed by atoms with Crippen LogP contribution in [0.4, 0.5) is 0 Å². The second kappa shape index (κ2) is 58.7. The molecule has 0 spiro atoms. The number of hydrogen-bond donors (Lipinski definition) is 0. The predicted molar refractivity (Wildman–Crippen MR) is 302 cm³/mol. The van der Waals surface area contributed by atoms with Crippen molar-refractivity contribution in [3.63, 3.8) is 0 Å². The van der Waals surface area contributed by atoms with E-state index in [2.05, 4.69) is 81.5 Å². The van der Waals surface area contributed by atoms with Gasteiger partial charge < -0.3 is 14.2 Å². The highest BCUT2D eigenvalue weighted by atomic mass is 16.6. The molecule has 70 heavy (non-hydrogen) atoms. The Balaban J connectivity index is 4.40. The van der Waals surface area contributed by atoms with Crippen molar-refractivity contribution in [2.75, 3.05) is 13.2 Å². The van der Waals surface area contributed by atoms with Crippen LogP contribution in [0.5, 0.6) is 0 Å². The number of unbranched alkanes of at least 4 members (excludes halogenated alkanes) is 34. The van der Waals surface area contributed by atoms with E-state index in [4.69, 9.17) is 14.2 Å². The molecular formula is C64H114O6. The normalized spacial score (nSPS) is 12.4. The Morgan fingerprint density at radius 3 is 0.829 bits per heavy atom. The monoisotopic (exact) mass is 979 g/mol. The van der Waals surface area contributed by atoms with Crippen LogP contribution in [0, 0.1) is 0 Å². The highest BCUT2D eigenvalue weighted by molar-refractivity contribution is 5.71. The molecule has 0 amide bonds. The van der Waals surface area contributed by atoms with Gasteiger partial charge in [-0.25, -0.2) is 0 Å². The molecule has 0 aromatic heterocycles. The summed E-state index contributed by atoms with van der Waals surface area (Å²) in [7, 11) is 0. The number of ether oxygens (including phenoxy) is 3. The lowest BCUT2D eigenvalue weighted by atomic mass is 10.1. The lowest BCUT2D eigenvalue weighted by Gasteiger charge is -2.18. The third-order valence-corrected chi connectivity index (χ3v) is 13.2. The highest BCUT2D eigenvalue weighted by Gasteiger charge is 2.19. The molecular weight excluding hydrogens is 865 g/mol. The van der Waals surface area contributed by atoms with Gasteiger partial charge in [0.2, 0.25) is 0 Å². The number of allylic oxidation sites excluding steroid dienone is 10. The zero-order valence-corrected chi connectivity index (χ0v) is 46.5. The van der Waals surface area contributed by atoms with E-state index < -0.39 is 6.10 Å². The van der Waals surface area contributed by atoms with Gasteiger partial charge in [-0.15, -0.1) is 0 Å². The van der Waals surface area contributed by atoms with E-state index >= 15 is 0 Å². The van der Waals surface area contributed by atoms with Gasteiger partial charge in [-0.3, -0.25) is 14.4 Å². The third kappa shape index (κ3) is 56.0. The van der Waals surface area contributed by atoms with Gasteiger partial charge in [0.05, 0.1) is 0 Å². The Labute approximate surface area is 434 Å². The van der Waals surface area contributed by atoms with Crippen molar-refractivity contribution < 1.29 is 28.6 Å². The van der Waals surface area contributed by atoms with Gasteiger partial charge in [0.25, 0.3) is 0 Å². The first kappa shape index (κ1) is 67.1. The van der Waals surface area contributed by atoms with Crippen LogP contribution in [-0.4, -0.2) is 37.2 Å². The third-order valence-electron chi connectivity index (χ3n) is 13.2. The molecule has 0 aromatic rings. The van der Waals surface area contributed by atoms with Crippen LogP contribution >= 0.6 is 0 Å². The van der Waals surface area contributed by atoms with Crippen LogP contribution < -0.4 is 0 Å². The first-order chi connectivity index (χ1) is 34.5. The van der Waals surface area contributed by atoms with E-state index in [0.717, 1.165) is 89.9 Å². The fourth-order valence-corrected chi connectivity index (χ4v) is 8.62. The van der Waals surface area contributed by atoms with Crippen molar-refractivity contribution >= 4 is 17.9 Å². The minimum Gasteiger partial charge on any atom is -0.462 e. The average Bonchev–Trinajstić information content (AvgIpc) is 3.36. The maximum Gasteiger partial charge on any atom is 0.306 e. The first-order valence-corrected chi connectivity index (χ1v) is 30.3. The van der Waals surface area contributed by atoms with Crippen molar-refractivity contribution in [3.8, 4) is 0 Å². The van der Waals surface area contributed by atoms with Crippen molar-refractivity contribution in [2.24, 2.45) is 0 Å². The molecule has 0 heterocycles. The van der Waals surface area contributed by atoms with Crippen LogP contribution in [0.1, 0.15) is 310 Å². The number of esters is 3. The zero-order valence-electron chi connectivity index (χ0n) is 46.5. The molecule has 0 radical (unpaired) electrons. The maximum atomic E-state index is 12.9. The summed E-state index contributed by atoms with van der Waals surface area (Å²) in [5, 5.41) is 0. The van der Waals surface area contributed by atoms with E-state index in [0.29, 0.717) is 19.3 Å². The Hall–Kier alpha value is -2.89. The van der Waals surface area contributed by atoms with Gasteiger partial charge >= 0.3 is 17.9 Å². The Kier molecular flexibility index (Phi) is 56.3. The van der Waals surface area contributed by atoms with E-state index in [1.165, 1.54) is 180 Å². The van der Waals surface area contributed by atoms with Gasteiger partial charge in [0.1, 0.15) is 13.2 Å². The molecule has 1 atom stereocenters. The van der Waals surface area contributed by atoms with Gasteiger partial charge in [0, 0.05) is 19.3 Å². The Bertz CT molecular complexity index is 1260. The van der Waals surface area contributed by atoms with Crippen molar-refractivity contribution in [1.82, 2.24) is 0 Å². The molecule has 0 aliphatic heterocycles. The minimum atomic E-state index is -0.786. The fourth-order valence-electron chi connectivity index (χ4n) is 8.62. The Morgan fingerprint density at radius 1 is 0.286 bits per heavy atom. The lowest BCUT2D eigenvalue weighted by molar-refractivity contribution is -0.167. The quantitative estimate of drug-likeness (QED) is 0.0261. The SMILES string of the molecule is CCCCC/C=C\C/C=C\CCCCCCCCCC(=O)OCC(COC(=O)CCCCCCC/C=C\CCCCCCCCCCC)OC(=O)CCCCCCCCC/C=C\C/C=C\CCCCC. The van der Waals surface area contributed by atoms with Gasteiger partial charge in [-0.2, -0.15) is 0 Å². The molecule has 406 valence electrons. The number of hydrogen-bond acceptors (Lipinski definition) is 6. The van der Waals surface area contributed by atoms with Crippen LogP contribution in [0.2, 0.25) is 0 Å². The summed E-state index contributed by atoms with van der Waals surface area (Å²) < 4.78 is 16.9. The summed E-state index contributed by atoms with van der Waals surface area (Å²) in [4.78, 5) is 38.2. The summed E-state index contributed by atoms with van der Waals surface area (Å²) in [6.45, 7) is 6.60. The van der Waals surface area contributed by atoms with Gasteiger partial charge in [0.15, 0.2) is 6.10 Å². The summed E-state index contributed by atoms with van der Waals surface area (Å²) in [5.41, 5.74) is 0. The zero-order chi connectivity index (χ0) is 50.7. The molecule has 0 aliphatic rings. The summed E-state index contributed by atoms with van der Waals surface area (Å²) in [6.07, 6.45) is 73.5. The molecule has 6 nitrogen and oxygen atoms in total. The first-order valence-electron chi connectivity index (χ1n) is 30.3. The smallest absolute Gasteiger partial charge is 0.306 e. The van der Waals surface area contributed by atoms with Crippen molar-refractivity contribution in [3.05, 3.63) is 60.8 Å². The summed E-state index contributed by atoms with van der Waals surface area (Å²) >= 11 is 0. The summed E-state index contributed by atoms with van der Waals surface area (Å²) in [6, 6.07) is 0. The molecule has 0 fully saturated rings. The molecule has 0 aliphatic carbocycles. The number of rotatable bonds is 55. The lowest BCUT2D eigenvalue weighted by Crippen LogP contribution is -2.30. The molecule has 0 saturated carbocycles. The largest absolute Gasteiger partial charge is 0.462 e. The second-order valence-corrected chi connectivity index (χ2v) is 20.2. The van der Waals surface area contributed by atoms with E-state index in [1.54, 1.807) is 0 Å². The van der Waals surface area contributed by atoms with E-state index in [-0.39, 0.29) is 31.1 Å². The minimum absolute atomic E-state index is 0.0832. The molecule has 1 unspecified atom stereocenters. The summed E-state index contributed by atoms with van der Waals surface area (Å²) in [5.74, 6) is -0.893. The molecule has 0 aromatic carbocycles. The number of carbonyl (C=O) groups excluding carboxylic acids is 3. The van der Waals surface area contributed by atoms with Gasteiger partial charge in [-0.1, -0.05) is 242 Å². The fraction of sp³-hybridized carbons (Fsp3) is 0.797. The highest BCUT2D eigenvalue weighted by Crippen LogP contribution is 2.15. The predicted octanol–water partition coefficient (Wildman–Crippen LogP) is 20.4. The van der Waals surface area contributed by atoms with Crippen LogP contribution in [0.3, 0.4) is 0 Å². The molecule has 0 rings (SSSR count). The van der Waals surface area contributed by atoms with E-state index in [9.17, 15) is 14.4 Å². The molecule has 0 N–H and O–H groups in total. The number of carbonyl (C=O) groups is 3. The molecule has 6 heteroatoms.